The van der Waals surface area contributed by atoms with Crippen LogP contribution in [0.1, 0.15) is 0 Å². The molecule has 1 aromatic heterocycles. The third-order valence-corrected chi connectivity index (χ3v) is 5.08. The van der Waals surface area contributed by atoms with Crippen LogP contribution in [-0.4, -0.2) is 35.5 Å². The van der Waals surface area contributed by atoms with Crippen LogP contribution in [0.25, 0.3) is 22.3 Å². The van der Waals surface area contributed by atoms with Crippen LogP contribution >= 0.6 is 11.3 Å². The maximum absolute atomic E-state index is 5.58. The average molecular weight is 386 g/mol. The highest BCUT2D eigenvalue weighted by atomic mass is 32.1. The minimum Gasteiger partial charge on any atom is -0.497 e. The summed E-state index contributed by atoms with van der Waals surface area (Å²) in [5.41, 5.74) is 4.08. The molecule has 2 aromatic carbocycles. The first-order chi connectivity index (χ1) is 13.2. The molecule has 27 heavy (non-hydrogen) atoms. The van der Waals surface area contributed by atoms with Gasteiger partial charge in [0.15, 0.2) is 11.5 Å². The van der Waals surface area contributed by atoms with E-state index in [0.29, 0.717) is 17.2 Å². The van der Waals surface area contributed by atoms with Crippen LogP contribution in [0.15, 0.2) is 41.1 Å². The van der Waals surface area contributed by atoms with E-state index in [1.165, 1.54) is 0 Å². The van der Waals surface area contributed by atoms with Gasteiger partial charge < -0.3 is 23.7 Å². The molecule has 0 saturated carbocycles. The lowest BCUT2D eigenvalue weighted by atomic mass is 9.97. The summed E-state index contributed by atoms with van der Waals surface area (Å²) >= 11 is 1.62. The Morgan fingerprint density at radius 3 is 1.78 bits per heavy atom. The van der Waals surface area contributed by atoms with Gasteiger partial charge in [-0.05, 0) is 40.6 Å². The highest BCUT2D eigenvalue weighted by molar-refractivity contribution is 7.08. The molecule has 0 unspecified atom stereocenters. The summed E-state index contributed by atoms with van der Waals surface area (Å²) in [6, 6.07) is 9.70. The second kappa shape index (κ2) is 8.22. The zero-order valence-electron chi connectivity index (χ0n) is 16.0. The number of hydrogen-bond acceptors (Lipinski definition) is 6. The van der Waals surface area contributed by atoms with Crippen molar-refractivity contribution in [3.8, 4) is 51.0 Å². The minimum atomic E-state index is 0.572. The molecule has 1 heterocycles. The largest absolute Gasteiger partial charge is 0.497 e. The number of ether oxygens (including phenoxy) is 5. The first-order valence-corrected chi connectivity index (χ1v) is 9.20. The predicted octanol–water partition coefficient (Wildman–Crippen LogP) is 5.13. The Bertz CT molecular complexity index is 907. The van der Waals surface area contributed by atoms with Gasteiger partial charge in [-0.1, -0.05) is 0 Å². The number of methoxy groups -OCH3 is 5. The van der Waals surface area contributed by atoms with Gasteiger partial charge in [0.05, 0.1) is 35.5 Å². The van der Waals surface area contributed by atoms with Crippen molar-refractivity contribution in [2.45, 2.75) is 0 Å². The van der Waals surface area contributed by atoms with E-state index < -0.39 is 0 Å². The maximum Gasteiger partial charge on any atom is 0.203 e. The summed E-state index contributed by atoms with van der Waals surface area (Å²) in [6.07, 6.45) is 0. The third kappa shape index (κ3) is 3.53. The molecule has 0 saturated heterocycles. The van der Waals surface area contributed by atoms with Gasteiger partial charge in [0.2, 0.25) is 5.75 Å². The summed E-state index contributed by atoms with van der Waals surface area (Å²) in [7, 11) is 8.12. The second-order valence-electron chi connectivity index (χ2n) is 5.68. The Balaban J connectivity index is 2.16. The molecule has 3 aromatic rings. The van der Waals surface area contributed by atoms with Crippen molar-refractivity contribution in [3.05, 3.63) is 41.1 Å². The van der Waals surface area contributed by atoms with Gasteiger partial charge in [0.25, 0.3) is 0 Å². The lowest BCUT2D eigenvalue weighted by molar-refractivity contribution is 0.324. The van der Waals surface area contributed by atoms with Gasteiger partial charge in [-0.15, -0.1) is 0 Å². The molecule has 0 radical (unpaired) electrons. The van der Waals surface area contributed by atoms with Crippen molar-refractivity contribution in [1.82, 2.24) is 0 Å². The quantitative estimate of drug-likeness (QED) is 0.564. The van der Waals surface area contributed by atoms with Crippen LogP contribution in [0, 0.1) is 0 Å². The number of rotatable bonds is 7. The topological polar surface area (TPSA) is 46.2 Å². The smallest absolute Gasteiger partial charge is 0.203 e. The van der Waals surface area contributed by atoms with E-state index in [-0.39, 0.29) is 0 Å². The van der Waals surface area contributed by atoms with Gasteiger partial charge >= 0.3 is 0 Å². The predicted molar refractivity (Wildman–Crippen MR) is 108 cm³/mol. The normalized spacial score (nSPS) is 10.4. The van der Waals surface area contributed by atoms with E-state index in [1.54, 1.807) is 46.9 Å². The van der Waals surface area contributed by atoms with Crippen LogP contribution in [0.5, 0.6) is 28.7 Å². The summed E-state index contributed by atoms with van der Waals surface area (Å²) < 4.78 is 27.3. The Morgan fingerprint density at radius 2 is 1.22 bits per heavy atom. The molecule has 0 spiro atoms. The van der Waals surface area contributed by atoms with E-state index >= 15 is 0 Å². The summed E-state index contributed by atoms with van der Waals surface area (Å²) in [4.78, 5) is 0. The van der Waals surface area contributed by atoms with E-state index in [4.69, 9.17) is 23.7 Å². The van der Waals surface area contributed by atoms with Crippen LogP contribution < -0.4 is 23.7 Å². The SMILES string of the molecule is COc1ccc(-c2cscc2-c2cc(OC)c(OC)c(OC)c2)c(OC)c1. The molecule has 6 heteroatoms. The van der Waals surface area contributed by atoms with Crippen molar-refractivity contribution in [3.63, 3.8) is 0 Å². The monoisotopic (exact) mass is 386 g/mol. The van der Waals surface area contributed by atoms with Crippen molar-refractivity contribution in [2.24, 2.45) is 0 Å². The molecule has 0 amide bonds. The van der Waals surface area contributed by atoms with E-state index in [9.17, 15) is 0 Å². The zero-order valence-corrected chi connectivity index (χ0v) is 16.8. The van der Waals surface area contributed by atoms with Crippen LogP contribution in [0.2, 0.25) is 0 Å². The summed E-state index contributed by atoms with van der Waals surface area (Å²) in [5, 5.41) is 4.20. The van der Waals surface area contributed by atoms with Crippen molar-refractivity contribution >= 4 is 11.3 Å². The molecule has 0 aliphatic rings. The molecule has 0 atom stereocenters. The number of benzene rings is 2. The Labute approximate surface area is 163 Å². The van der Waals surface area contributed by atoms with Crippen molar-refractivity contribution in [2.75, 3.05) is 35.5 Å². The average Bonchev–Trinajstić information content (AvgIpc) is 3.21. The lowest BCUT2D eigenvalue weighted by Gasteiger charge is -2.15. The van der Waals surface area contributed by atoms with E-state index in [0.717, 1.165) is 33.8 Å². The zero-order chi connectivity index (χ0) is 19.4. The molecule has 0 N–H and O–H groups in total. The summed E-state index contributed by atoms with van der Waals surface area (Å²) in [5.74, 6) is 3.31. The van der Waals surface area contributed by atoms with Gasteiger partial charge in [-0.3, -0.25) is 0 Å². The minimum absolute atomic E-state index is 0.572. The molecule has 142 valence electrons. The van der Waals surface area contributed by atoms with Crippen molar-refractivity contribution in [1.29, 1.82) is 0 Å². The maximum atomic E-state index is 5.58. The standard InChI is InChI=1S/C21H22O5S/c1-22-14-6-7-15(18(10-14)23-2)17-12-27-11-16(17)13-8-19(24-3)21(26-5)20(9-13)25-4/h6-12H,1-5H3. The fourth-order valence-electron chi connectivity index (χ4n) is 2.99. The van der Waals surface area contributed by atoms with Gasteiger partial charge in [-0.25, -0.2) is 0 Å². The van der Waals surface area contributed by atoms with Crippen LogP contribution in [0.3, 0.4) is 0 Å². The Kier molecular flexibility index (Phi) is 5.76. The Morgan fingerprint density at radius 1 is 0.593 bits per heavy atom. The molecule has 3 rings (SSSR count). The second-order valence-corrected chi connectivity index (χ2v) is 6.42. The van der Waals surface area contributed by atoms with Gasteiger partial charge in [0.1, 0.15) is 11.5 Å². The molecular weight excluding hydrogens is 364 g/mol. The molecule has 0 bridgehead atoms. The molecule has 0 aliphatic carbocycles. The third-order valence-electron chi connectivity index (χ3n) is 4.34. The van der Waals surface area contributed by atoms with Gasteiger partial charge in [0, 0.05) is 22.8 Å². The Hall–Kier alpha value is -2.86. The van der Waals surface area contributed by atoms with Gasteiger partial charge in [-0.2, -0.15) is 11.3 Å². The number of hydrogen-bond donors (Lipinski definition) is 0. The lowest BCUT2D eigenvalue weighted by Crippen LogP contribution is -1.96. The van der Waals surface area contributed by atoms with E-state index in [1.807, 2.05) is 30.3 Å². The molecule has 5 nitrogen and oxygen atoms in total. The van der Waals surface area contributed by atoms with E-state index in [2.05, 4.69) is 10.8 Å². The molecule has 0 fully saturated rings. The summed E-state index contributed by atoms with van der Waals surface area (Å²) in [6.45, 7) is 0. The fourth-order valence-corrected chi connectivity index (χ4v) is 3.84. The fraction of sp³-hybridized carbons (Fsp3) is 0.238. The van der Waals surface area contributed by atoms with Crippen LogP contribution in [-0.2, 0) is 0 Å². The number of thiophene rings is 1. The highest BCUT2D eigenvalue weighted by Crippen LogP contribution is 2.46. The highest BCUT2D eigenvalue weighted by Gasteiger charge is 2.18. The first-order valence-electron chi connectivity index (χ1n) is 8.25. The molecular formula is C21H22O5S. The first kappa shape index (κ1) is 18.9. The molecule has 0 aliphatic heterocycles. The van der Waals surface area contributed by atoms with Crippen LogP contribution in [0.4, 0.5) is 0 Å². The van der Waals surface area contributed by atoms with Crippen molar-refractivity contribution < 1.29 is 23.7 Å².